The lowest BCUT2D eigenvalue weighted by atomic mass is 10.1. The van der Waals surface area contributed by atoms with Crippen molar-refractivity contribution < 1.29 is 14.4 Å². The Kier molecular flexibility index (Phi) is 3.69. The van der Waals surface area contributed by atoms with Crippen LogP contribution in [0.4, 0.5) is 11.4 Å². The fourth-order valence-corrected chi connectivity index (χ4v) is 3.08. The number of hydrogen-bond acceptors (Lipinski definition) is 6. The quantitative estimate of drug-likeness (QED) is 0.614. The summed E-state index contributed by atoms with van der Waals surface area (Å²) in [5, 5.41) is 10.9. The molecule has 21 heavy (non-hydrogen) atoms. The van der Waals surface area contributed by atoms with E-state index in [0.29, 0.717) is 11.8 Å². The molecule has 1 aromatic rings. The number of fused-ring (bicyclic) bond motifs is 1. The summed E-state index contributed by atoms with van der Waals surface area (Å²) < 4.78 is 11.0. The van der Waals surface area contributed by atoms with Crippen molar-refractivity contribution in [3.63, 3.8) is 0 Å². The van der Waals surface area contributed by atoms with E-state index in [-0.39, 0.29) is 11.8 Å². The Bertz CT molecular complexity index is 551. The summed E-state index contributed by atoms with van der Waals surface area (Å²) in [6, 6.07) is 5.38. The van der Waals surface area contributed by atoms with Crippen molar-refractivity contribution >= 4 is 11.4 Å². The summed E-state index contributed by atoms with van der Waals surface area (Å²) in [7, 11) is 3.56. The normalized spacial score (nSPS) is 25.7. The number of benzene rings is 1. The number of hydrogen-bond donors (Lipinski definition) is 0. The standard InChI is InChI=1S/C14H19N3O4/c1-15-5-6-21-14-9-16(8-12(14)15)10-3-4-11(17(18)19)13(7-10)20-2/h3-4,7,12,14H,5-6,8-9H2,1-2H3. The number of ether oxygens (including phenoxy) is 2. The molecule has 2 atom stereocenters. The van der Waals surface area contributed by atoms with Gasteiger partial charge in [0, 0.05) is 37.5 Å². The van der Waals surface area contributed by atoms with Gasteiger partial charge in [0.25, 0.3) is 0 Å². The molecule has 2 aliphatic heterocycles. The van der Waals surface area contributed by atoms with Crippen molar-refractivity contribution in [3.8, 4) is 5.75 Å². The van der Waals surface area contributed by atoms with Crippen LogP contribution >= 0.6 is 0 Å². The number of morpholine rings is 1. The molecule has 2 aliphatic rings. The first-order valence-electron chi connectivity index (χ1n) is 6.99. The van der Waals surface area contributed by atoms with E-state index in [4.69, 9.17) is 9.47 Å². The maximum Gasteiger partial charge on any atom is 0.311 e. The fourth-order valence-electron chi connectivity index (χ4n) is 3.08. The first-order valence-corrected chi connectivity index (χ1v) is 6.99. The minimum atomic E-state index is -0.427. The Morgan fingerprint density at radius 3 is 2.90 bits per heavy atom. The number of anilines is 1. The Morgan fingerprint density at radius 2 is 2.24 bits per heavy atom. The van der Waals surface area contributed by atoms with E-state index in [9.17, 15) is 10.1 Å². The Morgan fingerprint density at radius 1 is 1.43 bits per heavy atom. The molecule has 7 nitrogen and oxygen atoms in total. The van der Waals surface area contributed by atoms with Gasteiger partial charge in [0.15, 0.2) is 5.75 Å². The van der Waals surface area contributed by atoms with Gasteiger partial charge in [-0.2, -0.15) is 0 Å². The lowest BCUT2D eigenvalue weighted by Gasteiger charge is -2.33. The van der Waals surface area contributed by atoms with Crippen LogP contribution in [0, 0.1) is 10.1 Å². The minimum Gasteiger partial charge on any atom is -0.490 e. The molecule has 2 unspecified atom stereocenters. The van der Waals surface area contributed by atoms with Gasteiger partial charge in [-0.1, -0.05) is 0 Å². The zero-order valence-electron chi connectivity index (χ0n) is 12.2. The highest BCUT2D eigenvalue weighted by molar-refractivity contribution is 5.60. The number of nitro benzene ring substituents is 1. The zero-order valence-corrected chi connectivity index (χ0v) is 12.2. The van der Waals surface area contributed by atoms with Gasteiger partial charge < -0.3 is 14.4 Å². The minimum absolute atomic E-state index is 0.00812. The van der Waals surface area contributed by atoms with E-state index >= 15 is 0 Å². The Hall–Kier alpha value is -1.86. The highest BCUT2D eigenvalue weighted by Crippen LogP contribution is 2.34. The average molecular weight is 293 g/mol. The van der Waals surface area contributed by atoms with E-state index in [1.165, 1.54) is 13.2 Å². The molecule has 0 radical (unpaired) electrons. The van der Waals surface area contributed by atoms with Crippen molar-refractivity contribution in [2.45, 2.75) is 12.1 Å². The van der Waals surface area contributed by atoms with Crippen LogP contribution in [0.3, 0.4) is 0 Å². The van der Waals surface area contributed by atoms with Crippen LogP contribution in [0.25, 0.3) is 0 Å². The van der Waals surface area contributed by atoms with Crippen LogP contribution in [-0.4, -0.2) is 62.4 Å². The van der Waals surface area contributed by atoms with Crippen molar-refractivity contribution in [1.29, 1.82) is 0 Å². The molecule has 0 saturated carbocycles. The van der Waals surface area contributed by atoms with Crippen molar-refractivity contribution in [3.05, 3.63) is 28.3 Å². The second kappa shape index (κ2) is 5.50. The fraction of sp³-hybridized carbons (Fsp3) is 0.571. The van der Waals surface area contributed by atoms with Gasteiger partial charge in [-0.25, -0.2) is 0 Å². The van der Waals surface area contributed by atoms with Crippen molar-refractivity contribution in [2.24, 2.45) is 0 Å². The molecule has 0 aromatic heterocycles. The van der Waals surface area contributed by atoms with Crippen LogP contribution in [0.15, 0.2) is 18.2 Å². The molecule has 114 valence electrons. The smallest absolute Gasteiger partial charge is 0.311 e. The third-order valence-electron chi connectivity index (χ3n) is 4.30. The second-order valence-corrected chi connectivity index (χ2v) is 5.48. The highest BCUT2D eigenvalue weighted by atomic mass is 16.6. The average Bonchev–Trinajstić information content (AvgIpc) is 2.92. The first kappa shape index (κ1) is 14.1. The molecule has 7 heteroatoms. The molecule has 0 aliphatic carbocycles. The molecule has 2 fully saturated rings. The van der Waals surface area contributed by atoms with Gasteiger partial charge in [-0.05, 0) is 13.1 Å². The Balaban J connectivity index is 1.83. The first-order chi connectivity index (χ1) is 10.1. The van der Waals surface area contributed by atoms with Gasteiger partial charge in [-0.15, -0.1) is 0 Å². The predicted octanol–water partition coefficient (Wildman–Crippen LogP) is 1.12. The summed E-state index contributed by atoms with van der Waals surface area (Å²) in [6.07, 6.45) is 0.199. The summed E-state index contributed by atoms with van der Waals surface area (Å²) in [4.78, 5) is 15.0. The zero-order chi connectivity index (χ0) is 15.0. The summed E-state index contributed by atoms with van der Waals surface area (Å²) in [5.74, 6) is 0.293. The van der Waals surface area contributed by atoms with Gasteiger partial charge in [0.05, 0.1) is 30.8 Å². The van der Waals surface area contributed by atoms with E-state index < -0.39 is 4.92 Å². The molecule has 0 N–H and O–H groups in total. The van der Waals surface area contributed by atoms with Crippen LogP contribution in [0.5, 0.6) is 5.75 Å². The lowest BCUT2D eigenvalue weighted by Crippen LogP contribution is -2.48. The molecular weight excluding hydrogens is 274 g/mol. The van der Waals surface area contributed by atoms with Crippen LogP contribution in [0.1, 0.15) is 0 Å². The van der Waals surface area contributed by atoms with Crippen LogP contribution < -0.4 is 9.64 Å². The lowest BCUT2D eigenvalue weighted by molar-refractivity contribution is -0.385. The van der Waals surface area contributed by atoms with E-state index in [1.807, 2.05) is 0 Å². The monoisotopic (exact) mass is 293 g/mol. The number of nitro groups is 1. The van der Waals surface area contributed by atoms with E-state index in [1.54, 1.807) is 12.1 Å². The van der Waals surface area contributed by atoms with Crippen LogP contribution in [0.2, 0.25) is 0 Å². The van der Waals surface area contributed by atoms with Crippen molar-refractivity contribution in [1.82, 2.24) is 4.90 Å². The summed E-state index contributed by atoms with van der Waals surface area (Å²) in [6.45, 7) is 3.37. The summed E-state index contributed by atoms with van der Waals surface area (Å²) in [5.41, 5.74) is 0.926. The summed E-state index contributed by atoms with van der Waals surface area (Å²) >= 11 is 0. The number of methoxy groups -OCH3 is 1. The maximum atomic E-state index is 10.9. The molecular formula is C14H19N3O4. The van der Waals surface area contributed by atoms with Gasteiger partial charge in [-0.3, -0.25) is 15.0 Å². The maximum absolute atomic E-state index is 10.9. The van der Waals surface area contributed by atoms with Gasteiger partial charge >= 0.3 is 5.69 Å². The molecule has 2 saturated heterocycles. The highest BCUT2D eigenvalue weighted by Gasteiger charge is 2.38. The third kappa shape index (κ3) is 2.54. The van der Waals surface area contributed by atoms with Gasteiger partial charge in [0.1, 0.15) is 0 Å². The van der Waals surface area contributed by atoms with E-state index in [2.05, 4.69) is 16.8 Å². The number of nitrogens with zero attached hydrogens (tertiary/aromatic N) is 3. The van der Waals surface area contributed by atoms with Crippen molar-refractivity contribution in [2.75, 3.05) is 45.3 Å². The molecule has 3 rings (SSSR count). The van der Waals surface area contributed by atoms with Gasteiger partial charge in [0.2, 0.25) is 0 Å². The molecule has 1 aromatic carbocycles. The second-order valence-electron chi connectivity index (χ2n) is 5.48. The molecule has 2 heterocycles. The number of likely N-dealkylation sites (N-methyl/N-ethyl adjacent to an activating group) is 1. The van der Waals surface area contributed by atoms with E-state index in [0.717, 1.165) is 31.9 Å². The Labute approximate surface area is 123 Å². The number of rotatable bonds is 3. The molecule has 0 amide bonds. The molecule has 0 bridgehead atoms. The molecule has 0 spiro atoms. The third-order valence-corrected chi connectivity index (χ3v) is 4.30. The largest absolute Gasteiger partial charge is 0.490 e. The topological polar surface area (TPSA) is 68.1 Å². The van der Waals surface area contributed by atoms with Crippen LogP contribution in [-0.2, 0) is 4.74 Å². The SMILES string of the molecule is COc1cc(N2CC3OCCN(C)C3C2)ccc1[N+](=O)[O-]. The predicted molar refractivity (Wildman–Crippen MR) is 78.0 cm³/mol.